The van der Waals surface area contributed by atoms with Crippen LogP contribution in [0, 0.1) is 0 Å². The molecule has 0 bridgehead atoms. The van der Waals surface area contributed by atoms with Gasteiger partial charge in [-0.1, -0.05) is 32.9 Å². The van der Waals surface area contributed by atoms with E-state index in [1.54, 1.807) is 4.68 Å². The smallest absolute Gasteiger partial charge is 0.241 e. The van der Waals surface area contributed by atoms with Crippen LogP contribution in [0.25, 0.3) is 0 Å². The van der Waals surface area contributed by atoms with Crippen LogP contribution in [0.2, 0.25) is 0 Å². The topological polar surface area (TPSA) is 80.0 Å². The first-order chi connectivity index (χ1) is 8.40. The van der Waals surface area contributed by atoms with E-state index in [0.717, 1.165) is 12.1 Å². The molecule has 6 heteroatoms. The maximum Gasteiger partial charge on any atom is 0.241 e. The summed E-state index contributed by atoms with van der Waals surface area (Å²) in [7, 11) is 0. The molecular formula is C12H22N4O2. The first-order valence-electron chi connectivity index (χ1n) is 6.20. The summed E-state index contributed by atoms with van der Waals surface area (Å²) in [6.45, 7) is 8.65. The van der Waals surface area contributed by atoms with Crippen molar-refractivity contribution >= 4 is 5.91 Å². The number of nitrogens with zero attached hydrogens (tertiary/aromatic N) is 3. The van der Waals surface area contributed by atoms with Crippen molar-refractivity contribution in [2.45, 2.75) is 52.7 Å². The lowest BCUT2D eigenvalue weighted by Crippen LogP contribution is -2.31. The number of aliphatic hydroxyl groups excluding tert-OH is 1. The van der Waals surface area contributed by atoms with Gasteiger partial charge in [0.2, 0.25) is 5.91 Å². The monoisotopic (exact) mass is 254 g/mol. The maximum absolute atomic E-state index is 11.7. The van der Waals surface area contributed by atoms with Gasteiger partial charge in [-0.25, -0.2) is 4.68 Å². The molecule has 1 rings (SSSR count). The molecule has 0 aromatic carbocycles. The van der Waals surface area contributed by atoms with Gasteiger partial charge in [0, 0.05) is 12.0 Å². The third-order valence-electron chi connectivity index (χ3n) is 2.53. The SMILES string of the molecule is CCCNC(=O)Cn1nnc(CO)c1C(C)(C)C. The Morgan fingerprint density at radius 1 is 1.44 bits per heavy atom. The lowest BCUT2D eigenvalue weighted by molar-refractivity contribution is -0.121. The molecule has 18 heavy (non-hydrogen) atoms. The van der Waals surface area contributed by atoms with Gasteiger partial charge in [-0.2, -0.15) is 0 Å². The Kier molecular flexibility index (Phi) is 4.84. The summed E-state index contributed by atoms with van der Waals surface area (Å²) < 4.78 is 1.57. The average molecular weight is 254 g/mol. The molecule has 0 aliphatic rings. The van der Waals surface area contributed by atoms with E-state index in [-0.39, 0.29) is 24.5 Å². The van der Waals surface area contributed by atoms with Crippen molar-refractivity contribution in [3.63, 3.8) is 0 Å². The van der Waals surface area contributed by atoms with Crippen LogP contribution in [0.1, 0.15) is 45.5 Å². The Morgan fingerprint density at radius 2 is 2.11 bits per heavy atom. The van der Waals surface area contributed by atoms with Crippen molar-refractivity contribution in [3.8, 4) is 0 Å². The second-order valence-corrected chi connectivity index (χ2v) is 5.30. The number of hydrogen-bond donors (Lipinski definition) is 2. The van der Waals surface area contributed by atoms with Gasteiger partial charge in [-0.05, 0) is 6.42 Å². The van der Waals surface area contributed by atoms with Gasteiger partial charge in [0.25, 0.3) is 0 Å². The van der Waals surface area contributed by atoms with Crippen LogP contribution >= 0.6 is 0 Å². The molecule has 1 heterocycles. The zero-order valence-electron chi connectivity index (χ0n) is 11.5. The third kappa shape index (κ3) is 3.53. The highest BCUT2D eigenvalue weighted by atomic mass is 16.3. The van der Waals surface area contributed by atoms with Crippen LogP contribution in [-0.4, -0.2) is 32.6 Å². The predicted octanol–water partition coefficient (Wildman–Crippen LogP) is 0.594. The number of aliphatic hydroxyl groups is 1. The van der Waals surface area contributed by atoms with E-state index in [4.69, 9.17) is 0 Å². The van der Waals surface area contributed by atoms with Gasteiger partial charge < -0.3 is 10.4 Å². The Labute approximate surface area is 107 Å². The number of aromatic nitrogens is 3. The van der Waals surface area contributed by atoms with Crippen molar-refractivity contribution in [1.82, 2.24) is 20.3 Å². The number of carbonyl (C=O) groups excluding carboxylic acids is 1. The average Bonchev–Trinajstić information content (AvgIpc) is 2.68. The van der Waals surface area contributed by atoms with Gasteiger partial charge in [-0.15, -0.1) is 5.10 Å². The second kappa shape index (κ2) is 5.95. The fourth-order valence-electron chi connectivity index (χ4n) is 1.84. The molecule has 1 aromatic heterocycles. The van der Waals surface area contributed by atoms with Crippen LogP contribution in [0.3, 0.4) is 0 Å². The highest BCUT2D eigenvalue weighted by Crippen LogP contribution is 2.24. The quantitative estimate of drug-likeness (QED) is 0.806. The lowest BCUT2D eigenvalue weighted by atomic mass is 9.90. The van der Waals surface area contributed by atoms with Gasteiger partial charge in [-0.3, -0.25) is 4.79 Å². The molecule has 0 fully saturated rings. The molecule has 1 amide bonds. The molecule has 0 atom stereocenters. The van der Waals surface area contributed by atoms with Crippen molar-refractivity contribution in [2.75, 3.05) is 6.54 Å². The van der Waals surface area contributed by atoms with Gasteiger partial charge >= 0.3 is 0 Å². The van der Waals surface area contributed by atoms with Crippen molar-refractivity contribution < 1.29 is 9.90 Å². The first-order valence-corrected chi connectivity index (χ1v) is 6.20. The second-order valence-electron chi connectivity index (χ2n) is 5.30. The molecule has 0 saturated heterocycles. The summed E-state index contributed by atoms with van der Waals surface area (Å²) in [5, 5.41) is 19.9. The van der Waals surface area contributed by atoms with Crippen LogP contribution < -0.4 is 5.32 Å². The van der Waals surface area contributed by atoms with Gasteiger partial charge in [0.1, 0.15) is 12.2 Å². The van der Waals surface area contributed by atoms with Gasteiger partial charge in [0.15, 0.2) is 0 Å². The molecule has 0 spiro atoms. The number of hydrogen-bond acceptors (Lipinski definition) is 4. The molecule has 0 aliphatic carbocycles. The van der Waals surface area contributed by atoms with Crippen molar-refractivity contribution in [3.05, 3.63) is 11.4 Å². The number of carbonyl (C=O) groups is 1. The summed E-state index contributed by atoms with van der Waals surface area (Å²) in [4.78, 5) is 11.7. The van der Waals surface area contributed by atoms with E-state index < -0.39 is 0 Å². The van der Waals surface area contributed by atoms with E-state index >= 15 is 0 Å². The summed E-state index contributed by atoms with van der Waals surface area (Å²) in [6.07, 6.45) is 0.900. The maximum atomic E-state index is 11.7. The molecule has 2 N–H and O–H groups in total. The van der Waals surface area contributed by atoms with Crippen LogP contribution in [-0.2, 0) is 23.4 Å². The fraction of sp³-hybridized carbons (Fsp3) is 0.750. The standard InChI is InChI=1S/C12H22N4O2/c1-5-6-13-10(18)7-16-11(12(2,3)4)9(8-17)14-15-16/h17H,5-8H2,1-4H3,(H,13,18). The van der Waals surface area contributed by atoms with E-state index in [2.05, 4.69) is 15.6 Å². The Balaban J connectivity index is 2.89. The van der Waals surface area contributed by atoms with Crippen molar-refractivity contribution in [1.29, 1.82) is 0 Å². The Hall–Kier alpha value is -1.43. The Bertz CT molecular complexity index is 407. The summed E-state index contributed by atoms with van der Waals surface area (Å²) in [5.74, 6) is -0.0864. The molecule has 1 aromatic rings. The molecule has 6 nitrogen and oxygen atoms in total. The minimum Gasteiger partial charge on any atom is -0.390 e. The molecule has 0 aliphatic heterocycles. The summed E-state index contributed by atoms with van der Waals surface area (Å²) >= 11 is 0. The zero-order chi connectivity index (χ0) is 13.8. The lowest BCUT2D eigenvalue weighted by Gasteiger charge is -2.20. The number of nitrogens with one attached hydrogen (secondary N) is 1. The van der Waals surface area contributed by atoms with Crippen LogP contribution in [0.5, 0.6) is 0 Å². The van der Waals surface area contributed by atoms with Crippen LogP contribution in [0.4, 0.5) is 0 Å². The molecule has 0 radical (unpaired) electrons. The normalized spacial score (nSPS) is 11.6. The van der Waals surface area contributed by atoms with E-state index in [1.165, 1.54) is 0 Å². The molecule has 102 valence electrons. The summed E-state index contributed by atoms with van der Waals surface area (Å²) in [5.41, 5.74) is 1.12. The largest absolute Gasteiger partial charge is 0.390 e. The summed E-state index contributed by atoms with van der Waals surface area (Å²) in [6, 6.07) is 0. The van der Waals surface area contributed by atoms with E-state index in [0.29, 0.717) is 12.2 Å². The number of amides is 1. The Morgan fingerprint density at radius 3 is 2.61 bits per heavy atom. The highest BCUT2D eigenvalue weighted by molar-refractivity contribution is 5.75. The van der Waals surface area contributed by atoms with E-state index in [9.17, 15) is 9.90 Å². The van der Waals surface area contributed by atoms with Gasteiger partial charge in [0.05, 0.1) is 12.3 Å². The third-order valence-corrected chi connectivity index (χ3v) is 2.53. The van der Waals surface area contributed by atoms with Crippen LogP contribution in [0.15, 0.2) is 0 Å². The number of rotatable bonds is 5. The van der Waals surface area contributed by atoms with Crippen molar-refractivity contribution in [2.24, 2.45) is 0 Å². The highest BCUT2D eigenvalue weighted by Gasteiger charge is 2.25. The fourth-order valence-corrected chi connectivity index (χ4v) is 1.84. The molecule has 0 unspecified atom stereocenters. The minimum atomic E-state index is -0.216. The molecular weight excluding hydrogens is 232 g/mol. The predicted molar refractivity (Wildman–Crippen MR) is 67.9 cm³/mol. The minimum absolute atomic E-state index is 0.0864. The zero-order valence-corrected chi connectivity index (χ0v) is 11.5. The van der Waals surface area contributed by atoms with E-state index in [1.807, 2.05) is 27.7 Å². The first kappa shape index (κ1) is 14.6. The molecule has 0 saturated carbocycles.